The number of aromatic carboxylic acids is 1. The summed E-state index contributed by atoms with van der Waals surface area (Å²) in [6.45, 7) is 8.52. The van der Waals surface area contributed by atoms with Crippen LogP contribution in [-0.2, 0) is 27.8 Å². The third kappa shape index (κ3) is 5.43. The number of carboxylic acid groups (broad SMARTS) is 1. The van der Waals surface area contributed by atoms with Gasteiger partial charge in [0.15, 0.2) is 0 Å². The summed E-state index contributed by atoms with van der Waals surface area (Å²) in [5.74, 6) is -2.32. The van der Waals surface area contributed by atoms with E-state index >= 15 is 0 Å². The minimum Gasteiger partial charge on any atom is -0.477 e. The van der Waals surface area contributed by atoms with Gasteiger partial charge in [-0.25, -0.2) is 14.4 Å². The van der Waals surface area contributed by atoms with Gasteiger partial charge in [0.05, 0.1) is 4.24 Å². The number of anilines is 1. The Morgan fingerprint density at radius 2 is 1.53 bits per heavy atom. The summed E-state index contributed by atoms with van der Waals surface area (Å²) in [4.78, 5) is 66.1. The van der Waals surface area contributed by atoms with Crippen molar-refractivity contribution in [3.63, 3.8) is 0 Å². The van der Waals surface area contributed by atoms with Crippen molar-refractivity contribution < 1.29 is 28.7 Å². The first-order valence-electron chi connectivity index (χ1n) is 14.7. The number of carbonyl (C=O) groups excluding carboxylic acids is 3. The molecule has 4 amide bonds. The number of carboxylic acids is 1. The van der Waals surface area contributed by atoms with Crippen LogP contribution < -0.4 is 10.5 Å². The molecule has 3 aromatic rings. The topological polar surface area (TPSA) is 128 Å². The molecule has 0 unspecified atom stereocenters. The van der Waals surface area contributed by atoms with Crippen molar-refractivity contribution in [3.05, 3.63) is 72.8 Å². The van der Waals surface area contributed by atoms with E-state index < -0.39 is 29.4 Å². The predicted octanol–water partition coefficient (Wildman–Crippen LogP) is 5.63. The van der Waals surface area contributed by atoms with Crippen LogP contribution in [-0.4, -0.2) is 65.9 Å². The van der Waals surface area contributed by atoms with Crippen LogP contribution in [0.2, 0.25) is 0 Å². The maximum atomic E-state index is 12.4. The average Bonchev–Trinajstić information content (AvgIpc) is 3.42. The van der Waals surface area contributed by atoms with Crippen LogP contribution in [0.1, 0.15) is 60.7 Å². The lowest BCUT2D eigenvalue weighted by Gasteiger charge is -2.37. The molecule has 1 fully saturated rings. The molecule has 1 aromatic heterocycles. The summed E-state index contributed by atoms with van der Waals surface area (Å²) in [5, 5.41) is 9.80. The van der Waals surface area contributed by atoms with Gasteiger partial charge in [-0.2, -0.15) is 0 Å². The number of carbonyl (C=O) groups is 4. The first kappa shape index (κ1) is 31.0. The first-order chi connectivity index (χ1) is 21.3. The minimum atomic E-state index is -1.24. The smallest absolute Gasteiger partial charge is 0.351 e. The number of urea groups is 1. The number of benzene rings is 2. The van der Waals surface area contributed by atoms with Crippen molar-refractivity contribution in [1.82, 2.24) is 9.80 Å². The highest BCUT2D eigenvalue weighted by molar-refractivity contribution is 8.24. The molecular weight excluding hydrogens is 615 g/mol. The molecule has 0 saturated carbocycles. The second-order valence-corrected chi connectivity index (χ2v) is 14.9. The zero-order valence-corrected chi connectivity index (χ0v) is 27.3. The van der Waals surface area contributed by atoms with E-state index in [0.29, 0.717) is 9.82 Å². The molecular formula is C33H33N3O7S2. The van der Waals surface area contributed by atoms with Gasteiger partial charge in [-0.15, -0.1) is 0 Å². The normalized spacial score (nSPS) is 17.8. The molecule has 1 N–H and O–H groups in total. The van der Waals surface area contributed by atoms with Crippen molar-refractivity contribution in [2.45, 2.75) is 61.7 Å². The van der Waals surface area contributed by atoms with Gasteiger partial charge >= 0.3 is 17.6 Å². The molecule has 0 bridgehead atoms. The fourth-order valence-corrected chi connectivity index (χ4v) is 8.61. The lowest BCUT2D eigenvalue weighted by atomic mass is 9.87. The molecule has 45 heavy (non-hydrogen) atoms. The number of rotatable bonds is 1. The number of thioether (sulfide) groups is 2. The van der Waals surface area contributed by atoms with Gasteiger partial charge in [0, 0.05) is 53.6 Å². The predicted molar refractivity (Wildman–Crippen MR) is 173 cm³/mol. The maximum Gasteiger partial charge on any atom is 0.351 e. The van der Waals surface area contributed by atoms with Gasteiger partial charge in [-0.05, 0) is 66.5 Å². The third-order valence-electron chi connectivity index (χ3n) is 8.48. The van der Waals surface area contributed by atoms with Crippen molar-refractivity contribution in [1.29, 1.82) is 0 Å². The van der Waals surface area contributed by atoms with Gasteiger partial charge in [0.2, 0.25) is 0 Å². The van der Waals surface area contributed by atoms with E-state index in [1.54, 1.807) is 0 Å². The van der Waals surface area contributed by atoms with Crippen molar-refractivity contribution >= 4 is 64.0 Å². The molecule has 7 rings (SSSR count). The maximum absolute atomic E-state index is 12.4. The minimum absolute atomic E-state index is 0.0273. The lowest BCUT2D eigenvalue weighted by molar-refractivity contribution is -0.134. The Morgan fingerprint density at radius 3 is 2.18 bits per heavy atom. The quantitative estimate of drug-likeness (QED) is 0.202. The SMILES string of the molecule is CN1C(=O)C(=C2Sc3ccc(C(C)(C)C)cc3S2)C(=O)N(C)C1=O.O=C(O)c1cc2cc3c4c(c2oc1=O)CCCN4CCC3. The first-order valence-corrected chi connectivity index (χ1v) is 16.3. The summed E-state index contributed by atoms with van der Waals surface area (Å²) >= 11 is 2.83. The van der Waals surface area contributed by atoms with Crippen LogP contribution in [0.4, 0.5) is 10.5 Å². The largest absolute Gasteiger partial charge is 0.477 e. The number of nitrogens with zero attached hydrogens (tertiary/aromatic N) is 3. The zero-order valence-electron chi connectivity index (χ0n) is 25.7. The summed E-state index contributed by atoms with van der Waals surface area (Å²) in [5.41, 5.74) is 4.34. The molecule has 5 heterocycles. The average molecular weight is 648 g/mol. The highest BCUT2D eigenvalue weighted by atomic mass is 32.2. The monoisotopic (exact) mass is 647 g/mol. The number of likely N-dealkylation sites (N-methyl/N-ethyl adjacent to an activating group) is 2. The second kappa shape index (κ2) is 11.4. The van der Waals surface area contributed by atoms with E-state index in [1.807, 2.05) is 12.1 Å². The Labute approximate surface area is 268 Å². The van der Waals surface area contributed by atoms with Gasteiger partial charge in [0.25, 0.3) is 11.8 Å². The highest BCUT2D eigenvalue weighted by Gasteiger charge is 2.41. The van der Waals surface area contributed by atoms with E-state index in [9.17, 15) is 24.0 Å². The number of barbiturate groups is 1. The van der Waals surface area contributed by atoms with E-state index in [-0.39, 0.29) is 16.6 Å². The van der Waals surface area contributed by atoms with Crippen molar-refractivity contribution in [3.8, 4) is 0 Å². The Bertz CT molecular complexity index is 1880. The molecule has 0 spiro atoms. The van der Waals surface area contributed by atoms with Gasteiger partial charge in [-0.3, -0.25) is 19.4 Å². The lowest BCUT2D eigenvalue weighted by Crippen LogP contribution is -2.53. The molecule has 0 atom stereocenters. The molecule has 12 heteroatoms. The Morgan fingerprint density at radius 1 is 0.889 bits per heavy atom. The Kier molecular flexibility index (Phi) is 7.85. The van der Waals surface area contributed by atoms with Crippen LogP contribution >= 0.6 is 23.5 Å². The van der Waals surface area contributed by atoms with E-state index in [1.165, 1.54) is 60.5 Å². The zero-order chi connectivity index (χ0) is 32.4. The number of aryl methyl sites for hydroxylation is 2. The number of hydrogen-bond acceptors (Lipinski definition) is 9. The molecule has 0 radical (unpaired) electrons. The third-order valence-corrected chi connectivity index (χ3v) is 11.0. The summed E-state index contributed by atoms with van der Waals surface area (Å²) < 4.78 is 6.00. The van der Waals surface area contributed by atoms with E-state index in [0.717, 1.165) is 69.3 Å². The van der Waals surface area contributed by atoms with Crippen LogP contribution in [0.25, 0.3) is 11.0 Å². The number of imide groups is 2. The van der Waals surface area contributed by atoms with Crippen LogP contribution in [0, 0.1) is 0 Å². The molecule has 234 valence electrons. The van der Waals surface area contributed by atoms with Crippen molar-refractivity contribution in [2.75, 3.05) is 32.1 Å². The number of amides is 4. The van der Waals surface area contributed by atoms with Crippen LogP contribution in [0.3, 0.4) is 0 Å². The number of fused-ring (bicyclic) bond motifs is 3. The standard InChI is InChI=1S/C17H18N2O3S2.C16H15NO4/c1-17(2,3)9-6-7-10-11(8-9)24-15(23-10)12-13(20)18(4)16(22)19(5)14(12)21;18-15(19)12-8-10-7-9-3-1-5-17-6-2-4-11(13(9)17)14(10)21-16(12)20/h6-8H,1-5H3;7-8H,1-6H2,(H,18,19). The molecule has 2 aromatic carbocycles. The highest BCUT2D eigenvalue weighted by Crippen LogP contribution is 2.53. The molecule has 4 aliphatic rings. The molecule has 4 aliphatic heterocycles. The van der Waals surface area contributed by atoms with Gasteiger partial charge in [-0.1, -0.05) is 50.4 Å². The number of hydrogen-bond donors (Lipinski definition) is 1. The summed E-state index contributed by atoms with van der Waals surface area (Å²) in [7, 11) is 2.78. The summed E-state index contributed by atoms with van der Waals surface area (Å²) in [6.07, 6.45) is 4.03. The molecule has 10 nitrogen and oxygen atoms in total. The van der Waals surface area contributed by atoms with E-state index in [2.05, 4.69) is 37.8 Å². The second-order valence-electron chi connectivity index (χ2n) is 12.5. The van der Waals surface area contributed by atoms with Crippen LogP contribution in [0.5, 0.6) is 0 Å². The molecule has 0 aliphatic carbocycles. The van der Waals surface area contributed by atoms with Gasteiger partial charge in [0.1, 0.15) is 16.7 Å². The fourth-order valence-electron chi connectivity index (χ4n) is 6.06. The Hall–Kier alpha value is -4.03. The molecule has 1 saturated heterocycles. The van der Waals surface area contributed by atoms with Gasteiger partial charge < -0.3 is 14.4 Å². The Balaban J connectivity index is 0.000000160. The van der Waals surface area contributed by atoms with E-state index in [4.69, 9.17) is 9.52 Å². The van der Waals surface area contributed by atoms with Crippen LogP contribution in [0.15, 0.2) is 59.1 Å². The van der Waals surface area contributed by atoms with Crippen molar-refractivity contribution in [2.24, 2.45) is 0 Å². The fraction of sp³-hybridized carbons (Fsp3) is 0.364. The summed E-state index contributed by atoms with van der Waals surface area (Å²) in [6, 6.07) is 9.05.